The Morgan fingerprint density at radius 3 is 2.61 bits per heavy atom. The van der Waals surface area contributed by atoms with Gasteiger partial charge in [-0.25, -0.2) is 0 Å². The number of hydrogen-bond acceptors (Lipinski definition) is 10. The highest BCUT2D eigenvalue weighted by Crippen LogP contribution is 2.45. The molecule has 0 radical (unpaired) electrons. The summed E-state index contributed by atoms with van der Waals surface area (Å²) in [5.41, 5.74) is 1.36. The van der Waals surface area contributed by atoms with E-state index in [1.165, 1.54) is 28.8 Å². The topological polar surface area (TPSA) is 122 Å². The van der Waals surface area contributed by atoms with Gasteiger partial charge in [-0.2, -0.15) is 0 Å². The second kappa shape index (κ2) is 11.2. The minimum atomic E-state index is -1.08. The number of phenols is 1. The summed E-state index contributed by atoms with van der Waals surface area (Å²) in [7, 11) is 0. The van der Waals surface area contributed by atoms with Crippen LogP contribution in [0.5, 0.6) is 17.2 Å². The molecule has 2 N–H and O–H groups in total. The van der Waals surface area contributed by atoms with Crippen molar-refractivity contribution in [2.45, 2.75) is 16.1 Å². The Bertz CT molecular complexity index is 1730. The summed E-state index contributed by atoms with van der Waals surface area (Å²) >= 11 is 14.8. The number of carbonyl (C=O) groups excluding carboxylic acids is 2. The van der Waals surface area contributed by atoms with Gasteiger partial charge in [0.15, 0.2) is 15.8 Å². The molecule has 4 aromatic rings. The molecule has 9 nitrogen and oxygen atoms in total. The zero-order valence-corrected chi connectivity index (χ0v) is 24.1. The first-order chi connectivity index (χ1) is 19.8. The number of aromatic nitrogens is 2. The van der Waals surface area contributed by atoms with Crippen LogP contribution in [0.15, 0.2) is 70.6 Å². The summed E-state index contributed by atoms with van der Waals surface area (Å²) < 4.78 is 11.7. The van der Waals surface area contributed by atoms with Crippen molar-refractivity contribution in [3.05, 3.63) is 93.0 Å². The van der Waals surface area contributed by atoms with Crippen LogP contribution in [0.2, 0.25) is 10.0 Å². The molecule has 1 saturated heterocycles. The summed E-state index contributed by atoms with van der Waals surface area (Å²) in [4.78, 5) is 28.1. The molecule has 0 saturated carbocycles. The van der Waals surface area contributed by atoms with Gasteiger partial charge in [-0.15, -0.1) is 10.2 Å². The van der Waals surface area contributed by atoms with Crippen molar-refractivity contribution in [3.8, 4) is 17.2 Å². The first-order valence-corrected chi connectivity index (χ1v) is 14.8. The number of rotatable bonds is 6. The van der Waals surface area contributed by atoms with E-state index in [9.17, 15) is 19.8 Å². The number of ether oxygens (including phenoxy) is 2. The van der Waals surface area contributed by atoms with Gasteiger partial charge in [-0.3, -0.25) is 14.5 Å². The average molecular weight is 629 g/mol. The van der Waals surface area contributed by atoms with Gasteiger partial charge >= 0.3 is 5.91 Å². The third kappa shape index (κ3) is 5.33. The van der Waals surface area contributed by atoms with E-state index in [0.29, 0.717) is 50.4 Å². The number of aliphatic hydroxyl groups excluding tert-OH is 1. The summed E-state index contributed by atoms with van der Waals surface area (Å²) in [6, 6.07) is 15.0. The molecule has 1 amide bonds. The largest absolute Gasteiger partial charge is 0.508 e. The van der Waals surface area contributed by atoms with Crippen LogP contribution in [0, 0.1) is 0 Å². The monoisotopic (exact) mass is 627 g/mol. The second-order valence-electron chi connectivity index (χ2n) is 9.00. The SMILES string of the molecule is O=C1C(=O)N(c2nnc(SCc3ccc(Cl)cc3Cl)s2)C(c2cccc(O)c2)C1=C(O)c1ccc2c(c1)OCCO2. The number of nitrogens with zero attached hydrogens (tertiary/aromatic N) is 3. The second-order valence-corrected chi connectivity index (χ2v) is 12.0. The predicted octanol–water partition coefficient (Wildman–Crippen LogP) is 6.24. The zero-order chi connectivity index (χ0) is 28.7. The smallest absolute Gasteiger partial charge is 0.301 e. The van der Waals surface area contributed by atoms with Crippen molar-refractivity contribution in [3.63, 3.8) is 0 Å². The van der Waals surface area contributed by atoms with Gasteiger partial charge in [0.2, 0.25) is 5.13 Å². The summed E-state index contributed by atoms with van der Waals surface area (Å²) in [5, 5.41) is 31.2. The van der Waals surface area contributed by atoms with Crippen LogP contribution < -0.4 is 14.4 Å². The number of amides is 1. The normalized spacial score (nSPS) is 17.7. The third-order valence-corrected chi connectivity index (χ3v) is 9.11. The molecule has 1 atom stereocenters. The van der Waals surface area contributed by atoms with E-state index in [4.69, 9.17) is 32.7 Å². The van der Waals surface area contributed by atoms with Crippen LogP contribution in [0.3, 0.4) is 0 Å². The lowest BCUT2D eigenvalue weighted by atomic mass is 9.95. The lowest BCUT2D eigenvalue weighted by Crippen LogP contribution is -2.29. The third-order valence-electron chi connectivity index (χ3n) is 6.41. The molecule has 2 aliphatic rings. The number of aromatic hydroxyl groups is 1. The number of carbonyl (C=O) groups is 2. The summed E-state index contributed by atoms with van der Waals surface area (Å²) in [6.45, 7) is 0.738. The number of anilines is 1. The molecule has 1 aromatic heterocycles. The maximum Gasteiger partial charge on any atom is 0.301 e. The fourth-order valence-corrected chi connectivity index (χ4v) is 6.95. The highest BCUT2D eigenvalue weighted by molar-refractivity contribution is 8.00. The summed E-state index contributed by atoms with van der Waals surface area (Å²) in [6.07, 6.45) is 0. The molecule has 13 heteroatoms. The van der Waals surface area contributed by atoms with Crippen molar-refractivity contribution in [1.82, 2.24) is 10.2 Å². The highest BCUT2D eigenvalue weighted by atomic mass is 35.5. The van der Waals surface area contributed by atoms with Gasteiger partial charge in [0.05, 0.1) is 11.6 Å². The van der Waals surface area contributed by atoms with Crippen molar-refractivity contribution < 1.29 is 29.3 Å². The quantitative estimate of drug-likeness (QED) is 0.0840. The van der Waals surface area contributed by atoms with Gasteiger partial charge in [-0.1, -0.05) is 64.5 Å². The van der Waals surface area contributed by atoms with Crippen molar-refractivity contribution in [2.24, 2.45) is 0 Å². The van der Waals surface area contributed by atoms with Crippen LogP contribution in [0.4, 0.5) is 5.13 Å². The van der Waals surface area contributed by atoms with Crippen LogP contribution in [-0.4, -0.2) is 45.3 Å². The molecule has 208 valence electrons. The van der Waals surface area contributed by atoms with Gasteiger partial charge in [0.1, 0.15) is 24.7 Å². The Morgan fingerprint density at radius 2 is 1.83 bits per heavy atom. The molecule has 2 aliphatic heterocycles. The predicted molar refractivity (Wildman–Crippen MR) is 156 cm³/mol. The van der Waals surface area contributed by atoms with Crippen LogP contribution in [-0.2, 0) is 15.3 Å². The molecule has 41 heavy (non-hydrogen) atoms. The van der Waals surface area contributed by atoms with E-state index in [2.05, 4.69) is 10.2 Å². The number of thioether (sulfide) groups is 1. The molecular weight excluding hydrogens is 609 g/mol. The first-order valence-electron chi connectivity index (χ1n) is 12.2. The van der Waals surface area contributed by atoms with E-state index >= 15 is 0 Å². The van der Waals surface area contributed by atoms with Gasteiger partial charge in [0.25, 0.3) is 5.78 Å². The minimum absolute atomic E-state index is 0.0687. The molecule has 6 rings (SSSR count). The zero-order valence-electron chi connectivity index (χ0n) is 20.9. The number of Topliss-reactive ketones (excluding diaryl/α,β-unsaturated/α-hetero) is 1. The number of fused-ring (bicyclic) bond motifs is 1. The Hall–Kier alpha value is -3.77. The minimum Gasteiger partial charge on any atom is -0.508 e. The van der Waals surface area contributed by atoms with Crippen molar-refractivity contribution in [1.29, 1.82) is 0 Å². The number of hydrogen-bond donors (Lipinski definition) is 2. The maximum atomic E-state index is 13.4. The molecule has 0 aliphatic carbocycles. The first kappa shape index (κ1) is 27.4. The van der Waals surface area contributed by atoms with Crippen molar-refractivity contribution in [2.75, 3.05) is 18.1 Å². The molecule has 1 unspecified atom stereocenters. The number of aliphatic hydroxyl groups is 1. The number of phenolic OH excluding ortho intramolecular Hbond substituents is 1. The van der Waals surface area contributed by atoms with Crippen molar-refractivity contribution >= 4 is 68.9 Å². The maximum absolute atomic E-state index is 13.4. The molecule has 3 aromatic carbocycles. The Labute approximate surface area is 251 Å². The van der Waals surface area contributed by atoms with E-state index in [-0.39, 0.29) is 22.0 Å². The number of ketones is 1. The van der Waals surface area contributed by atoms with E-state index in [1.54, 1.807) is 42.5 Å². The average Bonchev–Trinajstić information content (AvgIpc) is 3.53. The Kier molecular flexibility index (Phi) is 7.52. The fourth-order valence-electron chi connectivity index (χ4n) is 4.52. The molecule has 1 fully saturated rings. The molecule has 0 spiro atoms. The lowest BCUT2D eigenvalue weighted by molar-refractivity contribution is -0.132. The van der Waals surface area contributed by atoms with E-state index in [1.807, 2.05) is 6.07 Å². The fraction of sp³-hybridized carbons (Fsp3) is 0.143. The van der Waals surface area contributed by atoms with Gasteiger partial charge in [0, 0.05) is 21.4 Å². The number of halogens is 2. The number of benzene rings is 3. The van der Waals surface area contributed by atoms with Crippen LogP contribution in [0.1, 0.15) is 22.7 Å². The highest BCUT2D eigenvalue weighted by Gasteiger charge is 2.48. The Morgan fingerprint density at radius 1 is 1.02 bits per heavy atom. The summed E-state index contributed by atoms with van der Waals surface area (Å²) in [5.74, 6) is -0.849. The van der Waals surface area contributed by atoms with E-state index in [0.717, 1.165) is 16.9 Å². The molecule has 0 bridgehead atoms. The van der Waals surface area contributed by atoms with Crippen LogP contribution >= 0.6 is 46.3 Å². The molecule has 3 heterocycles. The Balaban J connectivity index is 1.38. The molecular formula is C28H19Cl2N3O6S2. The standard InChI is InChI=1S/C28H19Cl2N3O6S2/c29-17-6-4-16(19(30)12-17)13-40-28-32-31-27(41-28)33-23(14-2-1-3-18(34)10-14)22(25(36)26(33)37)24(35)15-5-7-20-21(11-15)39-9-8-38-20/h1-7,10-12,23,34-35H,8-9,13H2. The van der Waals surface area contributed by atoms with E-state index < -0.39 is 23.5 Å². The van der Waals surface area contributed by atoms with Gasteiger partial charge < -0.3 is 19.7 Å². The van der Waals surface area contributed by atoms with Gasteiger partial charge in [-0.05, 0) is 53.6 Å². The lowest BCUT2D eigenvalue weighted by Gasteiger charge is -2.23. The van der Waals surface area contributed by atoms with Crippen LogP contribution in [0.25, 0.3) is 5.76 Å².